The molecule has 0 aliphatic carbocycles. The standard InChI is InChI=1S/K.Na.H2O2.H2O.2H/c;;1-2;;;/h;;1-2H;1H2;;. The molecule has 3 nitrogen and oxygen atoms in total. The van der Waals surface area contributed by atoms with E-state index in [0.29, 0.717) is 0 Å². The quantitative estimate of drug-likeness (QED) is 0.216. The molecule has 0 saturated carbocycles. The second kappa shape index (κ2) is 31.3. The maximum atomic E-state index is 6.00. The van der Waals surface area contributed by atoms with E-state index in [2.05, 4.69) is 0 Å². The van der Waals surface area contributed by atoms with Crippen LogP contribution < -0.4 is 0 Å². The summed E-state index contributed by atoms with van der Waals surface area (Å²) in [5.74, 6) is 0. The molecule has 0 spiro atoms. The van der Waals surface area contributed by atoms with Crippen molar-refractivity contribution in [2.24, 2.45) is 0 Å². The van der Waals surface area contributed by atoms with E-state index in [9.17, 15) is 0 Å². The van der Waals surface area contributed by atoms with E-state index >= 15 is 0 Å². The molecule has 26 valence electrons. The van der Waals surface area contributed by atoms with Crippen molar-refractivity contribution in [3.05, 3.63) is 0 Å². The second-order valence-corrected chi connectivity index (χ2v) is 0. The summed E-state index contributed by atoms with van der Waals surface area (Å²) in [4.78, 5) is 0. The van der Waals surface area contributed by atoms with Gasteiger partial charge in [0.2, 0.25) is 0 Å². The van der Waals surface area contributed by atoms with Gasteiger partial charge in [0, 0.05) is 0 Å². The van der Waals surface area contributed by atoms with E-state index in [1.165, 1.54) is 0 Å². The molecule has 0 aliphatic heterocycles. The summed E-state index contributed by atoms with van der Waals surface area (Å²) in [5.41, 5.74) is 0. The first kappa shape index (κ1) is 25.8. The Morgan fingerprint density at radius 2 is 1.00 bits per heavy atom. The molecule has 0 saturated heterocycles. The summed E-state index contributed by atoms with van der Waals surface area (Å²) in [6.07, 6.45) is 0. The topological polar surface area (TPSA) is 72.0 Å². The molecule has 0 aromatic rings. The minimum atomic E-state index is 0. The molecule has 0 radical (unpaired) electrons. The fourth-order valence-electron chi connectivity index (χ4n) is 0. The normalized spacial score (nSPS) is 1.20. The summed E-state index contributed by atoms with van der Waals surface area (Å²) in [6, 6.07) is 0. The zero-order chi connectivity index (χ0) is 2.00. The number of hydrogen-bond acceptors (Lipinski definition) is 2. The van der Waals surface area contributed by atoms with E-state index < -0.39 is 0 Å². The van der Waals surface area contributed by atoms with Gasteiger partial charge in [0.15, 0.2) is 0 Å². The van der Waals surface area contributed by atoms with E-state index in [1.807, 2.05) is 0 Å². The van der Waals surface area contributed by atoms with Gasteiger partial charge in [-0.05, 0) is 0 Å². The van der Waals surface area contributed by atoms with Crippen molar-refractivity contribution in [3.63, 3.8) is 0 Å². The van der Waals surface area contributed by atoms with Crippen molar-refractivity contribution >= 4 is 80.9 Å². The molecule has 5 heteroatoms. The fourth-order valence-corrected chi connectivity index (χ4v) is 0. The van der Waals surface area contributed by atoms with Crippen LogP contribution in [0.2, 0.25) is 0 Å². The molecular weight excluding hydrogens is 110 g/mol. The molecule has 0 unspecified atom stereocenters. The van der Waals surface area contributed by atoms with Crippen LogP contribution in [0.1, 0.15) is 0 Å². The Morgan fingerprint density at radius 1 is 1.00 bits per heavy atom. The van der Waals surface area contributed by atoms with Crippen LogP contribution in [0, 0.1) is 0 Å². The predicted octanol–water partition coefficient (Wildman–Crippen LogP) is -2.10. The van der Waals surface area contributed by atoms with Gasteiger partial charge in [-0.2, -0.15) is 0 Å². The third-order valence-electron chi connectivity index (χ3n) is 0. The average Bonchev–Trinajstić information content (AvgIpc) is 1.00. The third-order valence-corrected chi connectivity index (χ3v) is 0. The Labute approximate surface area is 94.7 Å². The Morgan fingerprint density at radius 3 is 1.00 bits per heavy atom. The first-order chi connectivity index (χ1) is 1.00. The van der Waals surface area contributed by atoms with Gasteiger partial charge in [-0.25, -0.2) is 0 Å². The first-order valence-corrected chi connectivity index (χ1v) is 0.200. The first-order valence-electron chi connectivity index (χ1n) is 0.200. The van der Waals surface area contributed by atoms with Gasteiger partial charge in [0.05, 0.1) is 0 Å². The van der Waals surface area contributed by atoms with Crippen molar-refractivity contribution in [2.75, 3.05) is 0 Å². The van der Waals surface area contributed by atoms with Crippen LogP contribution in [0.5, 0.6) is 0 Å². The van der Waals surface area contributed by atoms with Crippen LogP contribution in [0.15, 0.2) is 0 Å². The van der Waals surface area contributed by atoms with Crippen molar-refractivity contribution in [3.8, 4) is 0 Å². The molecule has 5 heavy (non-hydrogen) atoms. The second-order valence-electron chi connectivity index (χ2n) is 0. The summed E-state index contributed by atoms with van der Waals surface area (Å²) in [6.45, 7) is 0. The average molecular weight is 116 g/mol. The molecule has 0 aromatic carbocycles. The fraction of sp³-hybridized carbons (Fsp3) is 0. The van der Waals surface area contributed by atoms with E-state index in [1.54, 1.807) is 0 Å². The van der Waals surface area contributed by atoms with Crippen molar-refractivity contribution in [2.45, 2.75) is 0 Å². The molecule has 0 rings (SSSR count). The monoisotopic (exact) mass is 116 g/mol. The SMILES string of the molecule is O.OO.[KH].[NaH]. The van der Waals surface area contributed by atoms with E-state index in [-0.39, 0.29) is 86.4 Å². The zero-order valence-corrected chi connectivity index (χ0v) is 1.39. The molecule has 0 heterocycles. The Balaban J connectivity index is -0.00000000167. The van der Waals surface area contributed by atoms with Gasteiger partial charge in [0.1, 0.15) is 0 Å². The summed E-state index contributed by atoms with van der Waals surface area (Å²) < 4.78 is 0. The summed E-state index contributed by atoms with van der Waals surface area (Å²) in [5, 5.41) is 12.0. The minimum absolute atomic E-state index is 0. The van der Waals surface area contributed by atoms with Gasteiger partial charge in [-0.1, -0.05) is 0 Å². The van der Waals surface area contributed by atoms with Crippen LogP contribution in [-0.2, 0) is 0 Å². The Bertz CT molecular complexity index is 6.85. The van der Waals surface area contributed by atoms with Crippen LogP contribution in [0.4, 0.5) is 0 Å². The molecule has 4 N–H and O–H groups in total. The summed E-state index contributed by atoms with van der Waals surface area (Å²) in [7, 11) is 0. The maximum absolute atomic E-state index is 6.00. The van der Waals surface area contributed by atoms with Crippen LogP contribution in [-0.4, -0.2) is 96.9 Å². The number of hydrogen-bond donors (Lipinski definition) is 2. The van der Waals surface area contributed by atoms with Gasteiger partial charge in [-0.3, -0.25) is 10.5 Å². The van der Waals surface area contributed by atoms with E-state index in [4.69, 9.17) is 10.5 Å². The van der Waals surface area contributed by atoms with Crippen molar-refractivity contribution in [1.82, 2.24) is 0 Å². The molecular formula is H6KNaO3. The molecule has 0 bridgehead atoms. The molecule has 0 amide bonds. The molecule has 0 fully saturated rings. The Hall–Kier alpha value is 2.52. The van der Waals surface area contributed by atoms with Crippen molar-refractivity contribution < 1.29 is 16.0 Å². The number of rotatable bonds is 0. The predicted molar refractivity (Wildman–Crippen MR) is 23.2 cm³/mol. The van der Waals surface area contributed by atoms with Crippen molar-refractivity contribution in [1.29, 1.82) is 0 Å². The van der Waals surface area contributed by atoms with Crippen LogP contribution >= 0.6 is 0 Å². The van der Waals surface area contributed by atoms with Gasteiger partial charge in [0.25, 0.3) is 0 Å². The van der Waals surface area contributed by atoms with Crippen LogP contribution in [0.3, 0.4) is 0 Å². The van der Waals surface area contributed by atoms with Gasteiger partial charge in [-0.15, -0.1) is 0 Å². The Kier molecular flexibility index (Phi) is 162. The summed E-state index contributed by atoms with van der Waals surface area (Å²) >= 11 is 0. The van der Waals surface area contributed by atoms with E-state index in [0.717, 1.165) is 0 Å². The molecule has 0 atom stereocenters. The molecule has 0 aromatic heterocycles. The third kappa shape index (κ3) is 21.0. The van der Waals surface area contributed by atoms with Gasteiger partial charge < -0.3 is 5.48 Å². The zero-order valence-electron chi connectivity index (χ0n) is 1.39. The van der Waals surface area contributed by atoms with Gasteiger partial charge >= 0.3 is 80.9 Å². The van der Waals surface area contributed by atoms with Crippen LogP contribution in [0.25, 0.3) is 0 Å². The molecule has 0 aliphatic rings.